The molecule has 1 aliphatic heterocycles. The summed E-state index contributed by atoms with van der Waals surface area (Å²) in [5.74, 6) is -1.25. The molecule has 0 saturated heterocycles. The summed E-state index contributed by atoms with van der Waals surface area (Å²) < 4.78 is 9.35. The molecule has 6 heteroatoms. The molecule has 0 bridgehead atoms. The van der Waals surface area contributed by atoms with Crippen LogP contribution in [0.1, 0.15) is 6.42 Å². The summed E-state index contributed by atoms with van der Waals surface area (Å²) >= 11 is 0. The van der Waals surface area contributed by atoms with Crippen LogP contribution in [0.25, 0.3) is 0 Å². The molecule has 20 heavy (non-hydrogen) atoms. The van der Waals surface area contributed by atoms with Crippen molar-refractivity contribution in [3.63, 3.8) is 0 Å². The van der Waals surface area contributed by atoms with Gasteiger partial charge in [0, 0.05) is 25.7 Å². The van der Waals surface area contributed by atoms with E-state index in [1.807, 2.05) is 6.08 Å². The standard InChI is InChI=1S/C14H17NO5/c1-19-13(17)11-6-3-4-7-15(8-5-9-16)10-12(11)14(18)20-2/h3-4,6,9-10H,5,7-8H2,1-2H3/b4-3-,11-6+,12-10+. The summed E-state index contributed by atoms with van der Waals surface area (Å²) in [7, 11) is 2.48. The first-order valence-electron chi connectivity index (χ1n) is 6.07. The molecule has 1 heterocycles. The van der Waals surface area contributed by atoms with E-state index in [0.29, 0.717) is 19.5 Å². The molecule has 0 N–H and O–H groups in total. The Balaban J connectivity index is 3.16. The minimum atomic E-state index is -0.631. The Labute approximate surface area is 117 Å². The number of carbonyl (C=O) groups is 3. The van der Waals surface area contributed by atoms with Crippen LogP contribution >= 0.6 is 0 Å². The SMILES string of the molecule is COC(=O)C1=C/C=C\CN(CCC=O)/C=C\1C(=O)OC. The summed E-state index contributed by atoms with van der Waals surface area (Å²) in [4.78, 5) is 35.8. The number of carbonyl (C=O) groups excluding carboxylic acids is 3. The third-order valence-electron chi connectivity index (χ3n) is 2.69. The minimum Gasteiger partial charge on any atom is -0.465 e. The maximum absolute atomic E-state index is 11.8. The molecule has 0 aromatic heterocycles. The van der Waals surface area contributed by atoms with Gasteiger partial charge in [-0.3, -0.25) is 0 Å². The van der Waals surface area contributed by atoms with E-state index < -0.39 is 11.9 Å². The van der Waals surface area contributed by atoms with Crippen LogP contribution in [0.2, 0.25) is 0 Å². The first-order chi connectivity index (χ1) is 9.63. The van der Waals surface area contributed by atoms with Crippen LogP contribution in [-0.2, 0) is 23.9 Å². The fraction of sp³-hybridized carbons (Fsp3) is 0.357. The van der Waals surface area contributed by atoms with Gasteiger partial charge in [-0.1, -0.05) is 12.2 Å². The average Bonchev–Trinajstić information content (AvgIpc) is 2.45. The van der Waals surface area contributed by atoms with Crippen LogP contribution in [0.3, 0.4) is 0 Å². The molecule has 1 rings (SSSR count). The maximum atomic E-state index is 11.8. The number of rotatable bonds is 5. The van der Waals surface area contributed by atoms with Gasteiger partial charge in [0.25, 0.3) is 0 Å². The number of aldehydes is 1. The zero-order valence-corrected chi connectivity index (χ0v) is 11.5. The molecule has 0 saturated carbocycles. The number of methoxy groups -OCH3 is 2. The van der Waals surface area contributed by atoms with Gasteiger partial charge in [0.05, 0.1) is 25.4 Å². The van der Waals surface area contributed by atoms with Crippen LogP contribution < -0.4 is 0 Å². The highest BCUT2D eigenvalue weighted by atomic mass is 16.5. The lowest BCUT2D eigenvalue weighted by atomic mass is 10.1. The fourth-order valence-electron chi connectivity index (χ4n) is 1.69. The molecule has 0 aliphatic carbocycles. The fourth-order valence-corrected chi connectivity index (χ4v) is 1.69. The van der Waals surface area contributed by atoms with Gasteiger partial charge in [-0.05, 0) is 6.08 Å². The van der Waals surface area contributed by atoms with Gasteiger partial charge in [0.2, 0.25) is 0 Å². The minimum absolute atomic E-state index is 0.106. The molecule has 0 aromatic carbocycles. The largest absolute Gasteiger partial charge is 0.465 e. The van der Waals surface area contributed by atoms with Crippen molar-refractivity contribution < 1.29 is 23.9 Å². The molecule has 0 fully saturated rings. The van der Waals surface area contributed by atoms with E-state index in [4.69, 9.17) is 0 Å². The zero-order valence-electron chi connectivity index (χ0n) is 11.5. The monoisotopic (exact) mass is 279 g/mol. The molecule has 0 amide bonds. The highest BCUT2D eigenvalue weighted by Crippen LogP contribution is 2.17. The Morgan fingerprint density at radius 2 is 1.90 bits per heavy atom. The lowest BCUT2D eigenvalue weighted by molar-refractivity contribution is -0.139. The maximum Gasteiger partial charge on any atom is 0.340 e. The molecular weight excluding hydrogens is 262 g/mol. The second-order valence-electron chi connectivity index (χ2n) is 3.98. The van der Waals surface area contributed by atoms with Crippen LogP contribution in [0.5, 0.6) is 0 Å². The molecule has 1 aliphatic rings. The highest BCUT2D eigenvalue weighted by Gasteiger charge is 2.23. The van der Waals surface area contributed by atoms with Gasteiger partial charge in [-0.25, -0.2) is 9.59 Å². The normalized spacial score (nSPS) is 21.4. The molecule has 0 spiro atoms. The summed E-state index contributed by atoms with van der Waals surface area (Å²) in [6, 6.07) is 0. The predicted molar refractivity (Wildman–Crippen MR) is 71.6 cm³/mol. The van der Waals surface area contributed by atoms with Crippen LogP contribution in [0.4, 0.5) is 0 Å². The van der Waals surface area contributed by atoms with Gasteiger partial charge in [0.1, 0.15) is 6.29 Å². The molecule has 6 nitrogen and oxygen atoms in total. The first-order valence-corrected chi connectivity index (χ1v) is 6.07. The van der Waals surface area contributed by atoms with Gasteiger partial charge >= 0.3 is 11.9 Å². The smallest absolute Gasteiger partial charge is 0.340 e. The Morgan fingerprint density at radius 1 is 1.25 bits per heavy atom. The third kappa shape index (κ3) is 4.08. The Kier molecular flexibility index (Phi) is 6.22. The van der Waals surface area contributed by atoms with Crippen LogP contribution in [0.15, 0.2) is 35.6 Å². The van der Waals surface area contributed by atoms with Gasteiger partial charge < -0.3 is 19.2 Å². The second kappa shape index (κ2) is 7.93. The van der Waals surface area contributed by atoms with Crippen molar-refractivity contribution >= 4 is 18.2 Å². The number of allylic oxidation sites excluding steroid dienone is 2. The molecular formula is C14H17NO5. The van der Waals surface area contributed by atoms with Gasteiger partial charge in [-0.2, -0.15) is 0 Å². The van der Waals surface area contributed by atoms with E-state index >= 15 is 0 Å². The molecule has 0 atom stereocenters. The number of hydrogen-bond donors (Lipinski definition) is 0. The Hall–Kier alpha value is -2.37. The summed E-state index contributed by atoms with van der Waals surface area (Å²) in [6.45, 7) is 0.974. The molecule has 0 unspecified atom stereocenters. The molecule has 0 aromatic rings. The van der Waals surface area contributed by atoms with E-state index in [2.05, 4.69) is 9.47 Å². The lowest BCUT2D eigenvalue weighted by Gasteiger charge is -2.20. The first kappa shape index (κ1) is 15.7. The summed E-state index contributed by atoms with van der Waals surface area (Å²) in [5.41, 5.74) is 0.223. The van der Waals surface area contributed by atoms with Crippen molar-refractivity contribution in [2.24, 2.45) is 0 Å². The lowest BCUT2D eigenvalue weighted by Crippen LogP contribution is -2.24. The van der Waals surface area contributed by atoms with Crippen molar-refractivity contribution in [3.8, 4) is 0 Å². The summed E-state index contributed by atoms with van der Waals surface area (Å²) in [6.07, 6.45) is 7.63. The van der Waals surface area contributed by atoms with E-state index in [0.717, 1.165) is 6.29 Å². The second-order valence-corrected chi connectivity index (χ2v) is 3.98. The van der Waals surface area contributed by atoms with Crippen LogP contribution in [0, 0.1) is 0 Å². The topological polar surface area (TPSA) is 72.9 Å². The van der Waals surface area contributed by atoms with Gasteiger partial charge in [-0.15, -0.1) is 0 Å². The highest BCUT2D eigenvalue weighted by molar-refractivity contribution is 6.07. The van der Waals surface area contributed by atoms with E-state index in [1.54, 1.807) is 11.0 Å². The number of esters is 2. The van der Waals surface area contributed by atoms with Crippen molar-refractivity contribution in [2.75, 3.05) is 27.3 Å². The van der Waals surface area contributed by atoms with Crippen LogP contribution in [-0.4, -0.2) is 50.4 Å². The number of ether oxygens (including phenoxy) is 2. The average molecular weight is 279 g/mol. The number of nitrogens with zero attached hydrogens (tertiary/aromatic N) is 1. The molecule has 0 radical (unpaired) electrons. The van der Waals surface area contributed by atoms with Crippen molar-refractivity contribution in [1.29, 1.82) is 0 Å². The third-order valence-corrected chi connectivity index (χ3v) is 2.69. The van der Waals surface area contributed by atoms with Crippen molar-refractivity contribution in [3.05, 3.63) is 35.6 Å². The zero-order chi connectivity index (χ0) is 15.0. The van der Waals surface area contributed by atoms with E-state index in [1.165, 1.54) is 26.5 Å². The van der Waals surface area contributed by atoms with Gasteiger partial charge in [0.15, 0.2) is 0 Å². The van der Waals surface area contributed by atoms with E-state index in [-0.39, 0.29) is 11.1 Å². The summed E-state index contributed by atoms with van der Waals surface area (Å²) in [5, 5.41) is 0. The van der Waals surface area contributed by atoms with Crippen molar-refractivity contribution in [2.45, 2.75) is 6.42 Å². The van der Waals surface area contributed by atoms with E-state index in [9.17, 15) is 14.4 Å². The number of hydrogen-bond acceptors (Lipinski definition) is 6. The molecule has 108 valence electrons. The quantitative estimate of drug-likeness (QED) is 0.542. The Morgan fingerprint density at radius 3 is 2.50 bits per heavy atom. The predicted octanol–water partition coefficient (Wildman–Crippen LogP) is 0.603. The Bertz CT molecular complexity index is 476. The van der Waals surface area contributed by atoms with Crippen molar-refractivity contribution in [1.82, 2.24) is 4.90 Å².